The van der Waals surface area contributed by atoms with E-state index in [1.54, 1.807) is 0 Å². The molecule has 0 bridgehead atoms. The summed E-state index contributed by atoms with van der Waals surface area (Å²) >= 11 is 0. The second kappa shape index (κ2) is 2.28. The third kappa shape index (κ3) is 1.45. The van der Waals surface area contributed by atoms with E-state index in [-0.39, 0.29) is 6.40 Å². The van der Waals surface area contributed by atoms with Gasteiger partial charge in [0.05, 0.1) is 6.10 Å². The minimum absolute atomic E-state index is 0.253. The van der Waals surface area contributed by atoms with Crippen LogP contribution in [0.15, 0.2) is 0 Å². The highest BCUT2D eigenvalue weighted by Crippen LogP contribution is 1.98. The Balaban J connectivity index is 2.28. The first-order valence-corrected chi connectivity index (χ1v) is 2.62. The molecule has 0 saturated carbocycles. The summed E-state index contributed by atoms with van der Waals surface area (Å²) in [5, 5.41) is 11.9. The number of aliphatic hydroxyl groups is 1. The summed E-state index contributed by atoms with van der Waals surface area (Å²) in [4.78, 5) is 0. The molecule has 1 aliphatic rings. The Bertz CT molecular complexity index is 68.8. The Morgan fingerprint density at radius 1 is 1.86 bits per heavy atom. The second-order valence-corrected chi connectivity index (χ2v) is 1.80. The van der Waals surface area contributed by atoms with Crippen LogP contribution in [0.3, 0.4) is 0 Å². The third-order valence-corrected chi connectivity index (χ3v) is 1.11. The first-order valence-electron chi connectivity index (χ1n) is 3.19. The van der Waals surface area contributed by atoms with Gasteiger partial charge in [-0.05, 0) is 19.4 Å². The molecule has 0 amide bonds. The molecule has 1 aliphatic heterocycles. The highest BCUT2D eigenvalue weighted by atomic mass is 16.3. The van der Waals surface area contributed by atoms with Gasteiger partial charge in [-0.25, -0.2) is 0 Å². The Hall–Kier alpha value is -0.0800. The van der Waals surface area contributed by atoms with Gasteiger partial charge in [0.2, 0.25) is 0 Å². The van der Waals surface area contributed by atoms with Crippen molar-refractivity contribution < 1.29 is 6.48 Å². The zero-order valence-corrected chi connectivity index (χ0v) is 4.22. The zero-order valence-electron chi connectivity index (χ0n) is 5.22. The van der Waals surface area contributed by atoms with Gasteiger partial charge < -0.3 is 10.4 Å². The van der Waals surface area contributed by atoms with Crippen LogP contribution in [0.2, 0.25) is 0 Å². The van der Waals surface area contributed by atoms with Crippen molar-refractivity contribution in [1.29, 1.82) is 0 Å². The molecule has 42 valence electrons. The van der Waals surface area contributed by atoms with E-state index < -0.39 is 6.10 Å². The molecule has 2 N–H and O–H groups in total. The monoisotopic (exact) mass is 102 g/mol. The van der Waals surface area contributed by atoms with Gasteiger partial charge in [-0.15, -0.1) is 0 Å². The molecule has 1 saturated heterocycles. The molecule has 2 atom stereocenters. The van der Waals surface area contributed by atoms with Crippen LogP contribution in [-0.4, -0.2) is 24.3 Å². The van der Waals surface area contributed by atoms with Crippen molar-refractivity contribution in [2.75, 3.05) is 13.1 Å². The van der Waals surface area contributed by atoms with Crippen molar-refractivity contribution in [2.45, 2.75) is 18.9 Å². The Morgan fingerprint density at radius 3 is 3.14 bits per heavy atom. The smallest absolute Gasteiger partial charge is 0.0665 e. The second-order valence-electron chi connectivity index (χ2n) is 1.80. The van der Waals surface area contributed by atoms with Gasteiger partial charge >= 0.3 is 0 Å². The van der Waals surface area contributed by atoms with Gasteiger partial charge in [-0.3, -0.25) is 0 Å². The van der Waals surface area contributed by atoms with Gasteiger partial charge in [-0.2, -0.15) is 0 Å². The quantitative estimate of drug-likeness (QED) is 0.441. The SMILES string of the molecule is [2H]C1CCNCC1O. The van der Waals surface area contributed by atoms with Crippen molar-refractivity contribution >= 4 is 0 Å². The summed E-state index contributed by atoms with van der Waals surface area (Å²) in [6.45, 7) is 1.47. The lowest BCUT2D eigenvalue weighted by Crippen LogP contribution is -2.33. The summed E-state index contributed by atoms with van der Waals surface area (Å²) in [5.41, 5.74) is 0. The van der Waals surface area contributed by atoms with E-state index in [0.29, 0.717) is 6.54 Å². The van der Waals surface area contributed by atoms with E-state index in [2.05, 4.69) is 5.32 Å². The molecule has 1 rings (SSSR count). The molecule has 0 aromatic heterocycles. The van der Waals surface area contributed by atoms with Crippen LogP contribution < -0.4 is 5.32 Å². The number of nitrogens with one attached hydrogen (secondary N) is 1. The van der Waals surface area contributed by atoms with Crippen LogP contribution >= 0.6 is 0 Å². The molecule has 1 heterocycles. The van der Waals surface area contributed by atoms with Gasteiger partial charge in [0, 0.05) is 7.92 Å². The summed E-state index contributed by atoms with van der Waals surface area (Å²) in [7, 11) is 0. The molecule has 0 aromatic carbocycles. The minimum atomic E-state index is -0.441. The fourth-order valence-electron chi connectivity index (χ4n) is 0.711. The number of piperidine rings is 1. The standard InChI is InChI=1S/C5H11NO/c7-5-2-1-3-6-4-5/h5-7H,1-4H2/i2D. The van der Waals surface area contributed by atoms with Gasteiger partial charge in [0.1, 0.15) is 0 Å². The minimum Gasteiger partial charge on any atom is -0.392 e. The van der Waals surface area contributed by atoms with Crippen LogP contribution in [0.4, 0.5) is 0 Å². The number of hydrogen-bond acceptors (Lipinski definition) is 2. The van der Waals surface area contributed by atoms with Gasteiger partial charge in [0.15, 0.2) is 0 Å². The molecule has 0 radical (unpaired) electrons. The molecule has 2 unspecified atom stereocenters. The zero-order chi connectivity index (χ0) is 5.98. The summed E-state index contributed by atoms with van der Waals surface area (Å²) in [6, 6.07) is 0. The van der Waals surface area contributed by atoms with E-state index in [9.17, 15) is 0 Å². The van der Waals surface area contributed by atoms with Crippen LogP contribution in [-0.2, 0) is 0 Å². The van der Waals surface area contributed by atoms with Crippen LogP contribution in [0, 0.1) is 0 Å². The van der Waals surface area contributed by atoms with Gasteiger partial charge in [0.25, 0.3) is 0 Å². The lowest BCUT2D eigenvalue weighted by atomic mass is 10.1. The number of β-amino-alcohol motifs (C(OH)–C–C–N with tert-alkyl or cyclic N) is 1. The summed E-state index contributed by atoms with van der Waals surface area (Å²) in [6.07, 6.45) is 0.0845. The molecule has 2 nitrogen and oxygen atoms in total. The van der Waals surface area contributed by atoms with Crippen molar-refractivity contribution in [3.05, 3.63) is 0 Å². The molecular weight excluding hydrogens is 90.1 g/mol. The summed E-state index contributed by atoms with van der Waals surface area (Å²) in [5.74, 6) is 0. The number of hydrogen-bond donors (Lipinski definition) is 2. The average Bonchev–Trinajstić information content (AvgIpc) is 1.77. The van der Waals surface area contributed by atoms with Crippen LogP contribution in [0.1, 0.15) is 14.2 Å². The lowest BCUT2D eigenvalue weighted by Gasteiger charge is -2.16. The summed E-state index contributed by atoms with van der Waals surface area (Å²) < 4.78 is 7.19. The Labute approximate surface area is 44.9 Å². The molecule has 0 aliphatic carbocycles. The Kier molecular flexibility index (Phi) is 1.26. The maximum atomic E-state index is 8.93. The van der Waals surface area contributed by atoms with Gasteiger partial charge in [-0.1, -0.05) is 0 Å². The maximum Gasteiger partial charge on any atom is 0.0665 e. The Morgan fingerprint density at radius 2 is 2.71 bits per heavy atom. The van der Waals surface area contributed by atoms with E-state index in [1.807, 2.05) is 0 Å². The fraction of sp³-hybridized carbons (Fsp3) is 1.00. The highest BCUT2D eigenvalue weighted by Gasteiger charge is 2.06. The third-order valence-electron chi connectivity index (χ3n) is 1.11. The van der Waals surface area contributed by atoms with Crippen molar-refractivity contribution in [3.63, 3.8) is 0 Å². The molecule has 7 heavy (non-hydrogen) atoms. The van der Waals surface area contributed by atoms with Crippen LogP contribution in [0.5, 0.6) is 0 Å². The number of aliphatic hydroxyl groups excluding tert-OH is 1. The largest absolute Gasteiger partial charge is 0.392 e. The average molecular weight is 102 g/mol. The first kappa shape index (κ1) is 3.87. The van der Waals surface area contributed by atoms with E-state index in [1.165, 1.54) is 0 Å². The predicted octanol–water partition coefficient (Wildman–Crippen LogP) is -0.269. The maximum absolute atomic E-state index is 8.93. The first-order chi connectivity index (χ1) is 3.80. The molecular formula is C5H11NO. The fourth-order valence-corrected chi connectivity index (χ4v) is 0.711. The highest BCUT2D eigenvalue weighted by molar-refractivity contribution is 4.65. The van der Waals surface area contributed by atoms with Crippen LogP contribution in [0.25, 0.3) is 0 Å². The van der Waals surface area contributed by atoms with E-state index in [4.69, 9.17) is 6.48 Å². The number of rotatable bonds is 0. The van der Waals surface area contributed by atoms with Crippen molar-refractivity contribution in [1.82, 2.24) is 5.32 Å². The van der Waals surface area contributed by atoms with E-state index >= 15 is 0 Å². The molecule has 2 heteroatoms. The van der Waals surface area contributed by atoms with Crippen molar-refractivity contribution in [2.24, 2.45) is 0 Å². The lowest BCUT2D eigenvalue weighted by molar-refractivity contribution is 0.142. The molecule has 0 aromatic rings. The van der Waals surface area contributed by atoms with E-state index in [0.717, 1.165) is 13.0 Å². The molecule has 1 fully saturated rings. The predicted molar refractivity (Wildman–Crippen MR) is 28.1 cm³/mol. The van der Waals surface area contributed by atoms with Crippen molar-refractivity contribution in [3.8, 4) is 0 Å². The normalized spacial score (nSPS) is 45.6. The molecule has 0 spiro atoms. The topological polar surface area (TPSA) is 32.3 Å².